The standard InChI is InChI=1S/C56H53N5O8/c1-63-45-25-17-41(18-26-45)55(39-13-7-5-8-14-39,42-19-27-46(64-2)28-20-42)67-34-12-11-33-57-53-52-54(59-37-58-53)61(38-60-52)51-35-49(62)50(69-51)36-68-56(40-15-9-6-10-16-40,43-21-29-47(65-3)30-22-43)44-23-31-48(66-4)32-24-44/h5-10,13-32,37-38,49-51,62H,33-36H2,1-4H3,(H,57,58,59)/t49-,50+,51+/m0/s1. The molecule has 6 aromatic carbocycles. The van der Waals surface area contributed by atoms with E-state index in [-0.39, 0.29) is 19.8 Å². The van der Waals surface area contributed by atoms with Crippen molar-refractivity contribution >= 4 is 17.0 Å². The summed E-state index contributed by atoms with van der Waals surface area (Å²) in [6.07, 6.45) is 1.32. The van der Waals surface area contributed by atoms with Crippen molar-refractivity contribution in [1.29, 1.82) is 0 Å². The lowest BCUT2D eigenvalue weighted by atomic mass is 9.80. The first-order valence-corrected chi connectivity index (χ1v) is 22.6. The van der Waals surface area contributed by atoms with E-state index in [4.69, 9.17) is 33.2 Å². The second kappa shape index (κ2) is 21.1. The van der Waals surface area contributed by atoms with Crippen LogP contribution < -0.4 is 24.3 Å². The average Bonchev–Trinajstić information content (AvgIpc) is 4.03. The van der Waals surface area contributed by atoms with Gasteiger partial charge in [0.15, 0.2) is 17.0 Å². The summed E-state index contributed by atoms with van der Waals surface area (Å²) in [5, 5.41) is 14.9. The number of nitrogens with one attached hydrogen (secondary N) is 1. The van der Waals surface area contributed by atoms with Gasteiger partial charge in [0.1, 0.15) is 59.5 Å². The van der Waals surface area contributed by atoms with E-state index in [0.29, 0.717) is 23.4 Å². The zero-order chi connectivity index (χ0) is 47.6. The van der Waals surface area contributed by atoms with Gasteiger partial charge in [-0.25, -0.2) is 15.0 Å². The summed E-state index contributed by atoms with van der Waals surface area (Å²) in [5.74, 6) is 9.85. The van der Waals surface area contributed by atoms with E-state index in [1.165, 1.54) is 6.33 Å². The Morgan fingerprint density at radius 3 is 1.49 bits per heavy atom. The number of nitrogens with zero attached hydrogens (tertiary/aromatic N) is 4. The molecule has 0 spiro atoms. The van der Waals surface area contributed by atoms with Crippen molar-refractivity contribution in [3.05, 3.63) is 204 Å². The molecule has 1 fully saturated rings. The number of rotatable bonds is 18. The molecule has 0 bridgehead atoms. The van der Waals surface area contributed by atoms with Crippen molar-refractivity contribution in [3.8, 4) is 34.8 Å². The van der Waals surface area contributed by atoms with E-state index >= 15 is 0 Å². The molecule has 0 saturated carbocycles. The third-order valence-corrected chi connectivity index (χ3v) is 12.5. The predicted octanol–water partition coefficient (Wildman–Crippen LogP) is 8.94. The number of aliphatic hydroxyl groups excluding tert-OH is 1. The van der Waals surface area contributed by atoms with E-state index in [1.54, 1.807) is 34.8 Å². The highest BCUT2D eigenvalue weighted by atomic mass is 16.6. The van der Waals surface area contributed by atoms with Crippen LogP contribution >= 0.6 is 0 Å². The Morgan fingerprint density at radius 1 is 0.580 bits per heavy atom. The molecule has 0 unspecified atom stereocenters. The number of aliphatic hydroxyl groups is 1. The summed E-state index contributed by atoms with van der Waals surface area (Å²) in [4.78, 5) is 13.8. The van der Waals surface area contributed by atoms with Gasteiger partial charge in [-0.15, -0.1) is 0 Å². The molecule has 1 aliphatic rings. The maximum absolute atomic E-state index is 11.6. The first-order chi connectivity index (χ1) is 33.9. The van der Waals surface area contributed by atoms with E-state index in [0.717, 1.165) is 56.4 Å². The Balaban J connectivity index is 0.917. The summed E-state index contributed by atoms with van der Waals surface area (Å²) in [7, 11) is 6.58. The SMILES string of the molecule is COc1ccc(C(OCC#CCNc2ncnc3c2ncn3[C@H]2C[C@H](O)[C@@H](COC(c3ccccc3)(c3ccc(OC)cc3)c3ccc(OC)cc3)O2)(c2ccccc2)c2ccc(OC)cc2)cc1. The van der Waals surface area contributed by atoms with E-state index in [1.807, 2.05) is 150 Å². The zero-order valence-electron chi connectivity index (χ0n) is 38.8. The Labute approximate surface area is 401 Å². The Bertz CT molecular complexity index is 2880. The van der Waals surface area contributed by atoms with Gasteiger partial charge < -0.3 is 43.6 Å². The Morgan fingerprint density at radius 2 is 1.03 bits per heavy atom. The van der Waals surface area contributed by atoms with Crippen LogP contribution in [0.4, 0.5) is 5.82 Å². The third kappa shape index (κ3) is 9.44. The number of ether oxygens (including phenoxy) is 7. The number of aromatic nitrogens is 4. The topological polar surface area (TPSA) is 140 Å². The molecule has 13 nitrogen and oxygen atoms in total. The van der Waals surface area contributed by atoms with Gasteiger partial charge in [-0.2, -0.15) is 0 Å². The number of methoxy groups -OCH3 is 4. The number of hydrogen-bond donors (Lipinski definition) is 2. The fourth-order valence-corrected chi connectivity index (χ4v) is 8.97. The molecule has 2 aromatic heterocycles. The molecular weight excluding hydrogens is 871 g/mol. The summed E-state index contributed by atoms with van der Waals surface area (Å²) < 4.78 is 44.4. The smallest absolute Gasteiger partial charge is 0.167 e. The number of imidazole rings is 1. The molecule has 13 heteroatoms. The number of hydrogen-bond acceptors (Lipinski definition) is 12. The molecule has 0 radical (unpaired) electrons. The lowest BCUT2D eigenvalue weighted by Gasteiger charge is -2.37. The number of benzene rings is 6. The molecule has 0 amide bonds. The van der Waals surface area contributed by atoms with Gasteiger partial charge in [0, 0.05) is 6.42 Å². The maximum Gasteiger partial charge on any atom is 0.167 e. The average molecular weight is 924 g/mol. The molecular formula is C56H53N5O8. The van der Waals surface area contributed by atoms with Crippen LogP contribution in [0.15, 0.2) is 170 Å². The van der Waals surface area contributed by atoms with Crippen LogP contribution in [0.25, 0.3) is 11.2 Å². The van der Waals surface area contributed by atoms with Crippen LogP contribution in [0.2, 0.25) is 0 Å². The highest BCUT2D eigenvalue weighted by Crippen LogP contribution is 2.44. The zero-order valence-corrected chi connectivity index (χ0v) is 38.8. The summed E-state index contributed by atoms with van der Waals surface area (Å²) in [6, 6.07) is 51.5. The summed E-state index contributed by atoms with van der Waals surface area (Å²) >= 11 is 0. The highest BCUT2D eigenvalue weighted by molar-refractivity contribution is 5.82. The minimum Gasteiger partial charge on any atom is -0.497 e. The van der Waals surface area contributed by atoms with Gasteiger partial charge in [0.2, 0.25) is 0 Å². The molecule has 0 aliphatic carbocycles. The van der Waals surface area contributed by atoms with Crippen LogP contribution in [-0.2, 0) is 25.4 Å². The molecule has 69 heavy (non-hydrogen) atoms. The van der Waals surface area contributed by atoms with E-state index < -0.39 is 29.6 Å². The van der Waals surface area contributed by atoms with Crippen molar-refractivity contribution in [2.45, 2.75) is 36.1 Å². The summed E-state index contributed by atoms with van der Waals surface area (Å²) in [6.45, 7) is 0.435. The second-order valence-electron chi connectivity index (χ2n) is 16.3. The van der Waals surface area contributed by atoms with Gasteiger partial charge in [0.05, 0.1) is 54.0 Å². The first-order valence-electron chi connectivity index (χ1n) is 22.6. The maximum atomic E-state index is 11.6. The highest BCUT2D eigenvalue weighted by Gasteiger charge is 2.43. The minimum absolute atomic E-state index is 0.0636. The van der Waals surface area contributed by atoms with Gasteiger partial charge in [0.25, 0.3) is 0 Å². The van der Waals surface area contributed by atoms with Crippen LogP contribution in [-0.4, -0.2) is 85.0 Å². The van der Waals surface area contributed by atoms with Gasteiger partial charge >= 0.3 is 0 Å². The minimum atomic E-state index is -1.08. The fourth-order valence-electron chi connectivity index (χ4n) is 8.97. The largest absolute Gasteiger partial charge is 0.497 e. The molecule has 3 heterocycles. The Kier molecular flexibility index (Phi) is 14.2. The second-order valence-corrected chi connectivity index (χ2v) is 16.3. The van der Waals surface area contributed by atoms with Crippen molar-refractivity contribution < 1.29 is 38.3 Å². The van der Waals surface area contributed by atoms with E-state index in [9.17, 15) is 5.11 Å². The van der Waals surface area contributed by atoms with Crippen molar-refractivity contribution in [3.63, 3.8) is 0 Å². The van der Waals surface area contributed by atoms with Gasteiger partial charge in [-0.05, 0) is 81.9 Å². The quantitative estimate of drug-likeness (QED) is 0.0628. The first kappa shape index (κ1) is 46.4. The molecule has 3 atom stereocenters. The molecule has 2 N–H and O–H groups in total. The summed E-state index contributed by atoms with van der Waals surface area (Å²) in [5.41, 5.74) is 4.44. The van der Waals surface area contributed by atoms with Crippen molar-refractivity contribution in [1.82, 2.24) is 19.5 Å². The van der Waals surface area contributed by atoms with Crippen LogP contribution in [0, 0.1) is 11.8 Å². The molecule has 350 valence electrons. The molecule has 9 rings (SSSR count). The van der Waals surface area contributed by atoms with Crippen molar-refractivity contribution in [2.75, 3.05) is 53.5 Å². The van der Waals surface area contributed by atoms with Crippen LogP contribution in [0.1, 0.15) is 46.0 Å². The lowest BCUT2D eigenvalue weighted by molar-refractivity contribution is -0.0931. The van der Waals surface area contributed by atoms with Gasteiger partial charge in [-0.1, -0.05) is 121 Å². The van der Waals surface area contributed by atoms with Crippen LogP contribution in [0.3, 0.4) is 0 Å². The third-order valence-electron chi connectivity index (χ3n) is 12.5. The number of anilines is 1. The predicted molar refractivity (Wildman–Crippen MR) is 263 cm³/mol. The number of fused-ring (bicyclic) bond motifs is 1. The van der Waals surface area contributed by atoms with Crippen LogP contribution in [0.5, 0.6) is 23.0 Å². The van der Waals surface area contributed by atoms with E-state index in [2.05, 4.69) is 44.2 Å². The Hall–Kier alpha value is -7.73. The van der Waals surface area contributed by atoms with Gasteiger partial charge in [-0.3, -0.25) is 4.57 Å². The molecule has 1 aliphatic heterocycles. The molecule has 8 aromatic rings. The molecule has 1 saturated heterocycles. The normalized spacial score (nSPS) is 15.8. The lowest BCUT2D eigenvalue weighted by Crippen LogP contribution is -2.38. The monoisotopic (exact) mass is 923 g/mol. The fraction of sp³-hybridized carbons (Fsp3) is 0.232. The van der Waals surface area contributed by atoms with Crippen molar-refractivity contribution in [2.24, 2.45) is 0 Å².